The minimum atomic E-state index is -0.301. The lowest BCUT2D eigenvalue weighted by atomic mass is 10.1. The fraction of sp³-hybridized carbons (Fsp3) is 0.500. The average molecular weight is 280 g/mol. The van der Waals surface area contributed by atoms with Crippen LogP contribution < -0.4 is 0 Å². The maximum atomic E-state index is 11.3. The number of benzene rings is 1. The topological polar surface area (TPSA) is 52.6 Å². The first-order valence-electron chi connectivity index (χ1n) is 6.87. The van der Waals surface area contributed by atoms with Crippen molar-refractivity contribution in [2.24, 2.45) is 5.92 Å². The fourth-order valence-corrected chi connectivity index (χ4v) is 1.24. The van der Waals surface area contributed by atoms with Gasteiger partial charge in [-0.15, -0.1) is 0 Å². The van der Waals surface area contributed by atoms with Gasteiger partial charge in [0.25, 0.3) is 0 Å². The van der Waals surface area contributed by atoms with Crippen LogP contribution in [0.4, 0.5) is 0 Å². The van der Waals surface area contributed by atoms with Crippen molar-refractivity contribution in [2.75, 3.05) is 0 Å². The van der Waals surface area contributed by atoms with E-state index in [9.17, 15) is 9.59 Å². The molecule has 0 fully saturated rings. The second-order valence-electron chi connectivity index (χ2n) is 4.36. The molecule has 0 atom stereocenters. The van der Waals surface area contributed by atoms with Gasteiger partial charge in [0.1, 0.15) is 13.2 Å². The van der Waals surface area contributed by atoms with Crippen molar-refractivity contribution in [1.29, 1.82) is 0 Å². The molecule has 0 unspecified atom stereocenters. The van der Waals surface area contributed by atoms with Gasteiger partial charge in [0.2, 0.25) is 0 Å². The van der Waals surface area contributed by atoms with Crippen molar-refractivity contribution >= 4 is 11.9 Å². The van der Waals surface area contributed by atoms with E-state index in [0.29, 0.717) is 0 Å². The summed E-state index contributed by atoms with van der Waals surface area (Å²) in [6.45, 7) is 9.50. The van der Waals surface area contributed by atoms with Crippen molar-refractivity contribution < 1.29 is 19.1 Å². The molecule has 0 aliphatic heterocycles. The quantitative estimate of drug-likeness (QED) is 0.775. The van der Waals surface area contributed by atoms with Crippen LogP contribution in [0.5, 0.6) is 0 Å². The summed E-state index contributed by atoms with van der Waals surface area (Å²) in [6, 6.07) is 7.40. The van der Waals surface area contributed by atoms with Crippen LogP contribution in [-0.2, 0) is 32.3 Å². The van der Waals surface area contributed by atoms with Crippen LogP contribution in [0, 0.1) is 5.92 Å². The van der Waals surface area contributed by atoms with Gasteiger partial charge in [-0.2, -0.15) is 0 Å². The molecule has 0 amide bonds. The molecule has 0 bridgehead atoms. The smallest absolute Gasteiger partial charge is 0.308 e. The molecule has 0 spiro atoms. The predicted octanol–water partition coefficient (Wildman–Crippen LogP) is 3.48. The normalized spacial score (nSPS) is 9.50. The van der Waals surface area contributed by atoms with Gasteiger partial charge in [0.15, 0.2) is 0 Å². The number of carbonyl (C=O) groups is 2. The predicted molar refractivity (Wildman–Crippen MR) is 77.9 cm³/mol. The Morgan fingerprint density at radius 2 is 1.35 bits per heavy atom. The Kier molecular flexibility index (Phi) is 9.09. The van der Waals surface area contributed by atoms with E-state index in [-0.39, 0.29) is 31.1 Å². The van der Waals surface area contributed by atoms with Gasteiger partial charge in [-0.25, -0.2) is 0 Å². The highest BCUT2D eigenvalue weighted by molar-refractivity contribution is 5.71. The first-order chi connectivity index (χ1) is 9.49. The lowest BCUT2D eigenvalue weighted by Crippen LogP contribution is -2.11. The Bertz CT molecular complexity index is 407. The first-order valence-corrected chi connectivity index (χ1v) is 6.87. The lowest BCUT2D eigenvalue weighted by molar-refractivity contribution is -0.148. The zero-order valence-corrected chi connectivity index (χ0v) is 12.9. The largest absolute Gasteiger partial charge is 0.461 e. The summed E-state index contributed by atoms with van der Waals surface area (Å²) >= 11 is 0. The summed E-state index contributed by atoms with van der Waals surface area (Å²) in [5.41, 5.74) is 1.82. The highest BCUT2D eigenvalue weighted by atomic mass is 16.5. The minimum Gasteiger partial charge on any atom is -0.461 e. The third-order valence-electron chi connectivity index (χ3n) is 2.32. The number of rotatable bonds is 5. The van der Waals surface area contributed by atoms with E-state index in [1.54, 1.807) is 13.8 Å². The summed E-state index contributed by atoms with van der Waals surface area (Å²) in [6.07, 6.45) is 0. The number of esters is 2. The molecule has 0 N–H and O–H groups in total. The highest BCUT2D eigenvalue weighted by Crippen LogP contribution is 2.08. The number of ether oxygens (including phenoxy) is 2. The SMILES string of the molecule is CC.CC(=O)OCc1ccc(COC(=O)C(C)C)cc1. The maximum Gasteiger partial charge on any atom is 0.308 e. The van der Waals surface area contributed by atoms with E-state index in [1.807, 2.05) is 38.1 Å². The summed E-state index contributed by atoms with van der Waals surface area (Å²) in [4.78, 5) is 21.9. The molecule has 1 rings (SSSR count). The zero-order chi connectivity index (χ0) is 15.5. The van der Waals surface area contributed by atoms with E-state index in [1.165, 1.54) is 6.92 Å². The molecular weight excluding hydrogens is 256 g/mol. The van der Waals surface area contributed by atoms with Crippen molar-refractivity contribution in [3.63, 3.8) is 0 Å². The zero-order valence-electron chi connectivity index (χ0n) is 12.9. The molecule has 0 radical (unpaired) electrons. The Labute approximate surface area is 121 Å². The van der Waals surface area contributed by atoms with Crippen LogP contribution in [0.3, 0.4) is 0 Å². The maximum absolute atomic E-state index is 11.3. The fourth-order valence-electron chi connectivity index (χ4n) is 1.24. The van der Waals surface area contributed by atoms with E-state index in [2.05, 4.69) is 0 Å². The summed E-state index contributed by atoms with van der Waals surface area (Å²) in [7, 11) is 0. The van der Waals surface area contributed by atoms with Gasteiger partial charge in [0, 0.05) is 6.92 Å². The lowest BCUT2D eigenvalue weighted by Gasteiger charge is -2.08. The van der Waals surface area contributed by atoms with Crippen LogP contribution in [0.15, 0.2) is 24.3 Å². The van der Waals surface area contributed by atoms with Crippen LogP contribution in [0.25, 0.3) is 0 Å². The second kappa shape index (κ2) is 10.0. The van der Waals surface area contributed by atoms with Gasteiger partial charge in [0.05, 0.1) is 5.92 Å². The van der Waals surface area contributed by atoms with Gasteiger partial charge in [-0.05, 0) is 11.1 Å². The average Bonchev–Trinajstić information content (AvgIpc) is 2.45. The molecule has 1 aromatic carbocycles. The molecule has 112 valence electrons. The molecule has 20 heavy (non-hydrogen) atoms. The Morgan fingerprint density at radius 3 is 1.70 bits per heavy atom. The molecule has 0 saturated heterocycles. The molecule has 0 heterocycles. The van der Waals surface area contributed by atoms with Gasteiger partial charge < -0.3 is 9.47 Å². The van der Waals surface area contributed by atoms with E-state index in [4.69, 9.17) is 9.47 Å². The van der Waals surface area contributed by atoms with Gasteiger partial charge in [-0.1, -0.05) is 52.0 Å². The van der Waals surface area contributed by atoms with Crippen LogP contribution in [-0.4, -0.2) is 11.9 Å². The monoisotopic (exact) mass is 280 g/mol. The molecule has 0 saturated carbocycles. The summed E-state index contributed by atoms with van der Waals surface area (Å²) in [5, 5.41) is 0. The van der Waals surface area contributed by atoms with Crippen molar-refractivity contribution in [1.82, 2.24) is 0 Å². The second-order valence-corrected chi connectivity index (χ2v) is 4.36. The van der Waals surface area contributed by atoms with Gasteiger partial charge in [-0.3, -0.25) is 9.59 Å². The highest BCUT2D eigenvalue weighted by Gasteiger charge is 2.08. The summed E-state index contributed by atoms with van der Waals surface area (Å²) in [5.74, 6) is -0.628. The Morgan fingerprint density at radius 1 is 0.950 bits per heavy atom. The molecule has 0 aliphatic rings. The van der Waals surface area contributed by atoms with Crippen molar-refractivity contribution in [2.45, 2.75) is 47.8 Å². The van der Waals surface area contributed by atoms with E-state index in [0.717, 1.165) is 11.1 Å². The minimum absolute atomic E-state index is 0.117. The van der Waals surface area contributed by atoms with E-state index < -0.39 is 0 Å². The standard InChI is InChI=1S/C14H18O4.C2H6/c1-10(2)14(16)18-9-13-6-4-12(5-7-13)8-17-11(3)15;1-2/h4-7,10H,8-9H2,1-3H3;1-2H3. The summed E-state index contributed by atoms with van der Waals surface area (Å²) < 4.78 is 9.98. The Hall–Kier alpha value is -1.84. The number of carbonyl (C=O) groups excluding carboxylic acids is 2. The van der Waals surface area contributed by atoms with Crippen LogP contribution in [0.1, 0.15) is 45.7 Å². The molecule has 4 heteroatoms. The van der Waals surface area contributed by atoms with Crippen LogP contribution in [0.2, 0.25) is 0 Å². The van der Waals surface area contributed by atoms with Gasteiger partial charge >= 0.3 is 11.9 Å². The Balaban J connectivity index is 0.00000172. The molecule has 0 aromatic heterocycles. The van der Waals surface area contributed by atoms with E-state index >= 15 is 0 Å². The van der Waals surface area contributed by atoms with Crippen molar-refractivity contribution in [3.8, 4) is 0 Å². The molecular formula is C16H24O4. The number of hydrogen-bond donors (Lipinski definition) is 0. The van der Waals surface area contributed by atoms with Crippen LogP contribution >= 0.6 is 0 Å². The molecule has 0 aliphatic carbocycles. The molecule has 1 aromatic rings. The number of hydrogen-bond acceptors (Lipinski definition) is 4. The molecule has 4 nitrogen and oxygen atoms in total. The third-order valence-corrected chi connectivity index (χ3v) is 2.32. The van der Waals surface area contributed by atoms with Crippen molar-refractivity contribution in [3.05, 3.63) is 35.4 Å². The third kappa shape index (κ3) is 7.56. The first kappa shape index (κ1) is 18.2.